The predicted octanol–water partition coefficient (Wildman–Crippen LogP) is 3.58. The van der Waals surface area contributed by atoms with Crippen LogP contribution in [0.3, 0.4) is 0 Å². The van der Waals surface area contributed by atoms with Gasteiger partial charge < -0.3 is 10.6 Å². The second kappa shape index (κ2) is 6.67. The Morgan fingerprint density at radius 1 is 1.35 bits per heavy atom. The molecule has 104 valence electrons. The summed E-state index contributed by atoms with van der Waals surface area (Å²) in [7, 11) is 0. The van der Waals surface area contributed by atoms with Crippen LogP contribution in [-0.2, 0) is 0 Å². The van der Waals surface area contributed by atoms with E-state index in [1.807, 2.05) is 6.92 Å². The molecular formula is C13H12BrClN4O. The lowest BCUT2D eigenvalue weighted by atomic mass is 10.3. The molecule has 0 saturated carbocycles. The summed E-state index contributed by atoms with van der Waals surface area (Å²) in [5.41, 5.74) is 0.839. The number of halogens is 2. The van der Waals surface area contributed by atoms with E-state index in [4.69, 9.17) is 11.6 Å². The normalized spacial score (nSPS) is 10.2. The zero-order chi connectivity index (χ0) is 14.5. The molecule has 0 aliphatic heterocycles. The van der Waals surface area contributed by atoms with Crippen molar-refractivity contribution in [3.05, 3.63) is 45.8 Å². The molecule has 2 N–H and O–H groups in total. The van der Waals surface area contributed by atoms with Crippen molar-refractivity contribution in [2.24, 2.45) is 0 Å². The number of rotatable bonds is 4. The van der Waals surface area contributed by atoms with E-state index in [1.54, 1.807) is 18.2 Å². The van der Waals surface area contributed by atoms with Gasteiger partial charge in [0.15, 0.2) is 0 Å². The number of amides is 1. The Labute approximate surface area is 129 Å². The van der Waals surface area contributed by atoms with Gasteiger partial charge in [-0.15, -0.1) is 0 Å². The van der Waals surface area contributed by atoms with Crippen molar-refractivity contribution in [2.45, 2.75) is 6.92 Å². The first-order chi connectivity index (χ1) is 9.60. The number of carbonyl (C=O) groups is 1. The van der Waals surface area contributed by atoms with E-state index < -0.39 is 0 Å². The van der Waals surface area contributed by atoms with Crippen molar-refractivity contribution in [3.63, 3.8) is 0 Å². The maximum Gasteiger partial charge on any atom is 0.275 e. The molecule has 1 aromatic carbocycles. The van der Waals surface area contributed by atoms with Crippen molar-refractivity contribution in [3.8, 4) is 0 Å². The highest BCUT2D eigenvalue weighted by atomic mass is 79.9. The molecule has 7 heteroatoms. The molecule has 1 aromatic heterocycles. The number of anilines is 2. The van der Waals surface area contributed by atoms with E-state index in [0.29, 0.717) is 16.5 Å². The van der Waals surface area contributed by atoms with Crippen molar-refractivity contribution in [2.75, 3.05) is 17.2 Å². The number of carbonyl (C=O) groups excluding carboxylic acids is 1. The fourth-order valence-corrected chi connectivity index (χ4v) is 1.91. The summed E-state index contributed by atoms with van der Waals surface area (Å²) in [5, 5.41) is 6.24. The minimum absolute atomic E-state index is 0.241. The van der Waals surface area contributed by atoms with E-state index >= 15 is 0 Å². The van der Waals surface area contributed by atoms with Gasteiger partial charge in [-0.1, -0.05) is 11.6 Å². The lowest BCUT2D eigenvalue weighted by Crippen LogP contribution is -2.14. The molecule has 0 aliphatic carbocycles. The highest BCUT2D eigenvalue weighted by Gasteiger charge is 2.09. The van der Waals surface area contributed by atoms with Gasteiger partial charge in [-0.3, -0.25) is 4.79 Å². The molecule has 0 radical (unpaired) electrons. The molecule has 0 saturated heterocycles. The van der Waals surface area contributed by atoms with E-state index in [0.717, 1.165) is 11.0 Å². The largest absolute Gasteiger partial charge is 0.369 e. The van der Waals surface area contributed by atoms with Crippen LogP contribution in [0, 0.1) is 0 Å². The van der Waals surface area contributed by atoms with Crippen molar-refractivity contribution < 1.29 is 4.79 Å². The molecule has 0 unspecified atom stereocenters. The summed E-state index contributed by atoms with van der Waals surface area (Å²) >= 11 is 9.25. The Bertz CT molecular complexity index is 618. The fraction of sp³-hybridized carbons (Fsp3) is 0.154. The van der Waals surface area contributed by atoms with Gasteiger partial charge >= 0.3 is 0 Å². The summed E-state index contributed by atoms with van der Waals surface area (Å²) in [4.78, 5) is 20.1. The topological polar surface area (TPSA) is 66.9 Å². The Hall–Kier alpha value is -1.66. The average molecular weight is 356 g/mol. The number of hydrogen-bond acceptors (Lipinski definition) is 4. The van der Waals surface area contributed by atoms with E-state index in [2.05, 4.69) is 36.5 Å². The van der Waals surface area contributed by atoms with Crippen LogP contribution in [-0.4, -0.2) is 22.4 Å². The Morgan fingerprint density at radius 3 is 2.75 bits per heavy atom. The minimum Gasteiger partial charge on any atom is -0.369 e. The van der Waals surface area contributed by atoms with Gasteiger partial charge in [0.2, 0.25) is 0 Å². The van der Waals surface area contributed by atoms with Gasteiger partial charge in [0, 0.05) is 16.7 Å². The maximum absolute atomic E-state index is 12.0. The van der Waals surface area contributed by atoms with Crippen LogP contribution in [0.15, 0.2) is 35.1 Å². The van der Waals surface area contributed by atoms with Crippen LogP contribution in [0.4, 0.5) is 11.5 Å². The summed E-state index contributed by atoms with van der Waals surface area (Å²) < 4.78 is 0.770. The van der Waals surface area contributed by atoms with Crippen LogP contribution < -0.4 is 10.6 Å². The number of hydrogen-bond donors (Lipinski definition) is 2. The molecule has 2 rings (SSSR count). The SMILES string of the molecule is CCNc1cnc(C(=O)Nc2ccc(Br)c(Cl)c2)cn1. The summed E-state index contributed by atoms with van der Waals surface area (Å²) in [6.45, 7) is 2.71. The standard InChI is InChI=1S/C13H12BrClN4O/c1-2-16-12-7-17-11(6-18-12)13(20)19-8-3-4-9(14)10(15)5-8/h3-7H,2H2,1H3,(H,16,18)(H,19,20). The molecule has 20 heavy (non-hydrogen) atoms. The van der Waals surface area contributed by atoms with Gasteiger partial charge in [0.05, 0.1) is 17.4 Å². The van der Waals surface area contributed by atoms with E-state index in [-0.39, 0.29) is 11.6 Å². The van der Waals surface area contributed by atoms with Gasteiger partial charge in [-0.25, -0.2) is 9.97 Å². The zero-order valence-corrected chi connectivity index (χ0v) is 13.0. The molecule has 0 atom stereocenters. The van der Waals surface area contributed by atoms with Gasteiger partial charge in [0.25, 0.3) is 5.91 Å². The van der Waals surface area contributed by atoms with Crippen molar-refractivity contribution in [1.29, 1.82) is 0 Å². The Kier molecular flexibility index (Phi) is 4.92. The zero-order valence-electron chi connectivity index (χ0n) is 10.7. The van der Waals surface area contributed by atoms with Crippen LogP contribution in [0.2, 0.25) is 5.02 Å². The number of nitrogens with one attached hydrogen (secondary N) is 2. The molecule has 0 bridgehead atoms. The molecular weight excluding hydrogens is 344 g/mol. The monoisotopic (exact) mass is 354 g/mol. The van der Waals surface area contributed by atoms with Crippen molar-refractivity contribution in [1.82, 2.24) is 9.97 Å². The second-order valence-corrected chi connectivity index (χ2v) is 5.16. The third-order valence-electron chi connectivity index (χ3n) is 2.42. The highest BCUT2D eigenvalue weighted by molar-refractivity contribution is 9.10. The molecule has 0 aliphatic rings. The first-order valence-electron chi connectivity index (χ1n) is 5.92. The van der Waals surface area contributed by atoms with Crippen molar-refractivity contribution >= 4 is 44.9 Å². The smallest absolute Gasteiger partial charge is 0.275 e. The van der Waals surface area contributed by atoms with Crippen LogP contribution in [0.5, 0.6) is 0 Å². The second-order valence-electron chi connectivity index (χ2n) is 3.90. The third kappa shape index (κ3) is 3.68. The van der Waals surface area contributed by atoms with Gasteiger partial charge in [0.1, 0.15) is 11.5 Å². The summed E-state index contributed by atoms with van der Waals surface area (Å²) in [6, 6.07) is 5.16. The van der Waals surface area contributed by atoms with Gasteiger partial charge in [-0.05, 0) is 41.1 Å². The fourth-order valence-electron chi connectivity index (χ4n) is 1.49. The lowest BCUT2D eigenvalue weighted by molar-refractivity contribution is 0.102. The van der Waals surface area contributed by atoms with Crippen LogP contribution in [0.25, 0.3) is 0 Å². The van der Waals surface area contributed by atoms with E-state index in [9.17, 15) is 4.79 Å². The minimum atomic E-state index is -0.334. The molecule has 0 fully saturated rings. The molecule has 5 nitrogen and oxygen atoms in total. The van der Waals surface area contributed by atoms with Crippen LogP contribution in [0.1, 0.15) is 17.4 Å². The number of nitrogens with zero attached hydrogens (tertiary/aromatic N) is 2. The van der Waals surface area contributed by atoms with E-state index in [1.165, 1.54) is 12.4 Å². The molecule has 1 heterocycles. The van der Waals surface area contributed by atoms with Crippen LogP contribution >= 0.6 is 27.5 Å². The first kappa shape index (κ1) is 14.7. The Morgan fingerprint density at radius 2 is 2.15 bits per heavy atom. The molecule has 2 aromatic rings. The first-order valence-corrected chi connectivity index (χ1v) is 7.09. The molecule has 1 amide bonds. The Balaban J connectivity index is 2.09. The summed E-state index contributed by atoms with van der Waals surface area (Å²) in [5.74, 6) is 0.301. The predicted molar refractivity (Wildman–Crippen MR) is 83.3 cm³/mol. The lowest BCUT2D eigenvalue weighted by Gasteiger charge is -2.06. The maximum atomic E-state index is 12.0. The third-order valence-corrected chi connectivity index (χ3v) is 3.65. The number of aromatic nitrogens is 2. The summed E-state index contributed by atoms with van der Waals surface area (Å²) in [6.07, 6.45) is 2.95. The highest BCUT2D eigenvalue weighted by Crippen LogP contribution is 2.25. The molecule has 0 spiro atoms. The number of benzene rings is 1. The quantitative estimate of drug-likeness (QED) is 0.880. The average Bonchev–Trinajstić information content (AvgIpc) is 2.44. The van der Waals surface area contributed by atoms with Gasteiger partial charge in [-0.2, -0.15) is 0 Å².